The number of hydrogen-bond acceptors (Lipinski definition) is 2. The third-order valence-electron chi connectivity index (χ3n) is 4.42. The van der Waals surface area contributed by atoms with Crippen LogP contribution in [0.2, 0.25) is 0 Å². The van der Waals surface area contributed by atoms with Crippen molar-refractivity contribution >= 4 is 11.9 Å². The smallest absolute Gasteiger partial charge is 0.326 e. The number of hydrogen-bond donors (Lipinski definition) is 2. The predicted octanol–water partition coefficient (Wildman–Crippen LogP) is 3.16. The van der Waals surface area contributed by atoms with Crippen molar-refractivity contribution in [2.75, 3.05) is 0 Å². The molecule has 4 nitrogen and oxygen atoms in total. The Labute approximate surface area is 131 Å². The van der Waals surface area contributed by atoms with Crippen LogP contribution in [0.4, 0.5) is 0 Å². The number of rotatable bonds is 7. The fourth-order valence-corrected chi connectivity index (χ4v) is 3.13. The highest BCUT2D eigenvalue weighted by molar-refractivity contribution is 5.83. The van der Waals surface area contributed by atoms with E-state index >= 15 is 0 Å². The number of aliphatic carboxylic acids is 1. The molecule has 1 unspecified atom stereocenters. The maximum absolute atomic E-state index is 12.0. The molecular formula is C18H25NO3. The molecule has 0 aliphatic heterocycles. The van der Waals surface area contributed by atoms with E-state index in [0.29, 0.717) is 18.8 Å². The largest absolute Gasteiger partial charge is 0.480 e. The van der Waals surface area contributed by atoms with Gasteiger partial charge in [-0.05, 0) is 17.9 Å². The van der Waals surface area contributed by atoms with Crippen LogP contribution in [-0.2, 0) is 16.0 Å². The maximum Gasteiger partial charge on any atom is 0.326 e. The van der Waals surface area contributed by atoms with Gasteiger partial charge in [0.25, 0.3) is 0 Å². The average Bonchev–Trinajstić information content (AvgIpc) is 2.54. The van der Waals surface area contributed by atoms with E-state index in [0.717, 1.165) is 12.0 Å². The highest BCUT2D eigenvalue weighted by Gasteiger charge is 2.21. The molecule has 1 saturated carbocycles. The summed E-state index contributed by atoms with van der Waals surface area (Å²) in [6, 6.07) is 8.55. The summed E-state index contributed by atoms with van der Waals surface area (Å²) in [5.41, 5.74) is 0.919. The van der Waals surface area contributed by atoms with E-state index in [1.165, 1.54) is 32.1 Å². The number of carbonyl (C=O) groups is 2. The fourth-order valence-electron chi connectivity index (χ4n) is 3.13. The van der Waals surface area contributed by atoms with Crippen LogP contribution in [0.1, 0.15) is 50.5 Å². The molecule has 0 aromatic heterocycles. The molecule has 0 bridgehead atoms. The van der Waals surface area contributed by atoms with Crippen molar-refractivity contribution in [1.82, 2.24) is 5.32 Å². The van der Waals surface area contributed by atoms with Crippen LogP contribution in [0, 0.1) is 5.92 Å². The monoisotopic (exact) mass is 303 g/mol. The lowest BCUT2D eigenvalue weighted by Gasteiger charge is -2.21. The van der Waals surface area contributed by atoms with Gasteiger partial charge in [0, 0.05) is 12.8 Å². The predicted molar refractivity (Wildman–Crippen MR) is 85.5 cm³/mol. The molecule has 1 atom stereocenters. The molecule has 2 rings (SSSR count). The molecule has 1 aliphatic carbocycles. The summed E-state index contributed by atoms with van der Waals surface area (Å²) in [4.78, 5) is 23.3. The maximum atomic E-state index is 12.0. The van der Waals surface area contributed by atoms with Crippen LogP contribution in [-0.4, -0.2) is 23.0 Å². The van der Waals surface area contributed by atoms with Gasteiger partial charge < -0.3 is 10.4 Å². The zero-order chi connectivity index (χ0) is 15.8. The van der Waals surface area contributed by atoms with Crippen molar-refractivity contribution in [3.8, 4) is 0 Å². The Hall–Kier alpha value is -1.84. The Morgan fingerprint density at radius 1 is 1.14 bits per heavy atom. The molecule has 0 radical (unpaired) electrons. The zero-order valence-electron chi connectivity index (χ0n) is 13.0. The summed E-state index contributed by atoms with van der Waals surface area (Å²) in [5, 5.41) is 12.0. The van der Waals surface area contributed by atoms with Crippen LogP contribution in [0.25, 0.3) is 0 Å². The standard InChI is InChI=1S/C18H25NO3/c20-17(12-11-14-7-3-1-4-8-14)19-16(18(21)22)13-15-9-5-2-6-10-15/h2,5-6,9-10,14,16H,1,3-4,7-8,11-13H2,(H,19,20)(H,21,22). The van der Waals surface area contributed by atoms with Crippen LogP contribution in [0.3, 0.4) is 0 Å². The van der Waals surface area contributed by atoms with Crippen molar-refractivity contribution in [2.45, 2.75) is 57.4 Å². The van der Waals surface area contributed by atoms with Gasteiger partial charge in [-0.3, -0.25) is 4.79 Å². The average molecular weight is 303 g/mol. The molecule has 0 spiro atoms. The van der Waals surface area contributed by atoms with Crippen molar-refractivity contribution < 1.29 is 14.7 Å². The lowest BCUT2D eigenvalue weighted by molar-refractivity contribution is -0.141. The van der Waals surface area contributed by atoms with Gasteiger partial charge in [0.2, 0.25) is 5.91 Å². The molecule has 0 heterocycles. The Morgan fingerprint density at radius 2 is 1.82 bits per heavy atom. The van der Waals surface area contributed by atoms with Gasteiger partial charge in [0.15, 0.2) is 0 Å². The highest BCUT2D eigenvalue weighted by atomic mass is 16.4. The van der Waals surface area contributed by atoms with Crippen molar-refractivity contribution in [3.05, 3.63) is 35.9 Å². The summed E-state index contributed by atoms with van der Waals surface area (Å²) >= 11 is 0. The second-order valence-electron chi connectivity index (χ2n) is 6.19. The fraction of sp³-hybridized carbons (Fsp3) is 0.556. The van der Waals surface area contributed by atoms with Crippen LogP contribution in [0.15, 0.2) is 30.3 Å². The van der Waals surface area contributed by atoms with Crippen molar-refractivity contribution in [2.24, 2.45) is 5.92 Å². The molecule has 0 saturated heterocycles. The number of nitrogens with one attached hydrogen (secondary N) is 1. The van der Waals surface area contributed by atoms with Crippen LogP contribution < -0.4 is 5.32 Å². The minimum Gasteiger partial charge on any atom is -0.480 e. The summed E-state index contributed by atoms with van der Waals surface area (Å²) in [6.45, 7) is 0. The van der Waals surface area contributed by atoms with E-state index in [1.807, 2.05) is 30.3 Å². The third-order valence-corrected chi connectivity index (χ3v) is 4.42. The Kier molecular flexibility index (Phi) is 6.44. The van der Waals surface area contributed by atoms with Crippen molar-refractivity contribution in [3.63, 3.8) is 0 Å². The molecule has 22 heavy (non-hydrogen) atoms. The SMILES string of the molecule is O=C(CCC1CCCCC1)NC(Cc1ccccc1)C(=O)O. The number of carboxylic acids is 1. The molecule has 120 valence electrons. The van der Waals surface area contributed by atoms with Crippen molar-refractivity contribution in [1.29, 1.82) is 0 Å². The van der Waals surface area contributed by atoms with Gasteiger partial charge in [-0.2, -0.15) is 0 Å². The lowest BCUT2D eigenvalue weighted by Crippen LogP contribution is -2.42. The van der Waals surface area contributed by atoms with E-state index in [1.54, 1.807) is 0 Å². The van der Waals surface area contributed by atoms with E-state index in [9.17, 15) is 14.7 Å². The third kappa shape index (κ3) is 5.51. The zero-order valence-corrected chi connectivity index (χ0v) is 13.0. The second-order valence-corrected chi connectivity index (χ2v) is 6.19. The highest BCUT2D eigenvalue weighted by Crippen LogP contribution is 2.27. The van der Waals surface area contributed by atoms with Gasteiger partial charge >= 0.3 is 5.97 Å². The van der Waals surface area contributed by atoms with Gasteiger partial charge in [-0.25, -0.2) is 4.79 Å². The van der Waals surface area contributed by atoms with Gasteiger partial charge in [0.1, 0.15) is 6.04 Å². The minimum absolute atomic E-state index is 0.145. The molecule has 1 fully saturated rings. The van der Waals surface area contributed by atoms with E-state index in [2.05, 4.69) is 5.32 Å². The summed E-state index contributed by atoms with van der Waals surface area (Å²) < 4.78 is 0. The normalized spacial score (nSPS) is 16.9. The molecule has 1 aliphatic rings. The minimum atomic E-state index is -0.977. The Bertz CT molecular complexity index is 480. The van der Waals surface area contributed by atoms with E-state index in [4.69, 9.17) is 0 Å². The summed E-state index contributed by atoms with van der Waals surface area (Å²) in [5.74, 6) is -0.485. The van der Waals surface area contributed by atoms with E-state index in [-0.39, 0.29) is 5.91 Å². The molecule has 4 heteroatoms. The first-order valence-corrected chi connectivity index (χ1v) is 8.21. The summed E-state index contributed by atoms with van der Waals surface area (Å²) in [6.07, 6.45) is 7.88. The number of amides is 1. The van der Waals surface area contributed by atoms with Crippen LogP contribution in [0.5, 0.6) is 0 Å². The summed E-state index contributed by atoms with van der Waals surface area (Å²) in [7, 11) is 0. The quantitative estimate of drug-likeness (QED) is 0.813. The lowest BCUT2D eigenvalue weighted by atomic mass is 9.86. The van der Waals surface area contributed by atoms with Gasteiger partial charge in [0.05, 0.1) is 0 Å². The number of benzene rings is 1. The van der Waals surface area contributed by atoms with Gasteiger partial charge in [-0.15, -0.1) is 0 Å². The van der Waals surface area contributed by atoms with Gasteiger partial charge in [-0.1, -0.05) is 62.4 Å². The first kappa shape index (κ1) is 16.5. The van der Waals surface area contributed by atoms with E-state index < -0.39 is 12.0 Å². The second kappa shape index (κ2) is 8.57. The van der Waals surface area contributed by atoms with Crippen LogP contribution >= 0.6 is 0 Å². The Morgan fingerprint density at radius 3 is 2.45 bits per heavy atom. The Balaban J connectivity index is 1.79. The number of carboxylic acid groups (broad SMARTS) is 1. The first-order chi connectivity index (χ1) is 10.6. The molecule has 1 aromatic rings. The first-order valence-electron chi connectivity index (χ1n) is 8.21. The molecule has 2 N–H and O–H groups in total. The number of carbonyl (C=O) groups excluding carboxylic acids is 1. The molecule has 1 amide bonds. The molecular weight excluding hydrogens is 278 g/mol. The topological polar surface area (TPSA) is 66.4 Å². The molecule has 1 aromatic carbocycles.